The topological polar surface area (TPSA) is 58.6 Å². The van der Waals surface area contributed by atoms with Gasteiger partial charge in [0.2, 0.25) is 0 Å². The number of nitrogens with one attached hydrogen (secondary N) is 1. The molecule has 5 heteroatoms. The third-order valence-electron chi connectivity index (χ3n) is 3.64. The summed E-state index contributed by atoms with van der Waals surface area (Å²) in [5.74, 6) is 0.420. The first-order valence-corrected chi connectivity index (χ1v) is 7.24. The first-order valence-electron chi connectivity index (χ1n) is 6.87. The van der Waals surface area contributed by atoms with Crippen molar-refractivity contribution < 1.29 is 14.6 Å². The van der Waals surface area contributed by atoms with Gasteiger partial charge in [-0.15, -0.1) is 0 Å². The molecule has 0 aliphatic heterocycles. The molecule has 0 saturated heterocycles. The smallest absolute Gasteiger partial charge is 0.258 e. The zero-order valence-electron chi connectivity index (χ0n) is 11.6. The molecule has 2 rings (SSSR count). The molecule has 0 bridgehead atoms. The molecule has 20 heavy (non-hydrogen) atoms. The van der Waals surface area contributed by atoms with Crippen LogP contribution >= 0.6 is 11.6 Å². The number of hydrogen-bond donors (Lipinski definition) is 2. The normalized spacial score (nSPS) is 16.9. The Bertz CT molecular complexity index is 484. The lowest BCUT2D eigenvalue weighted by Crippen LogP contribution is -2.42. The summed E-state index contributed by atoms with van der Waals surface area (Å²) in [5.41, 5.74) is 0.158. The molecule has 0 unspecified atom stereocenters. The minimum Gasteiger partial charge on any atom is -0.484 e. The summed E-state index contributed by atoms with van der Waals surface area (Å²) in [6.45, 7) is 2.12. The van der Waals surface area contributed by atoms with Crippen molar-refractivity contribution >= 4 is 17.5 Å². The number of hydrogen-bond acceptors (Lipinski definition) is 3. The average molecular weight is 298 g/mol. The van der Waals surface area contributed by atoms with E-state index in [0.717, 1.165) is 31.2 Å². The fourth-order valence-electron chi connectivity index (χ4n) is 2.44. The molecule has 1 aliphatic rings. The third-order valence-corrected chi connectivity index (χ3v) is 3.88. The van der Waals surface area contributed by atoms with Crippen LogP contribution < -0.4 is 10.1 Å². The number of carbonyl (C=O) groups is 1. The van der Waals surface area contributed by atoms with Crippen molar-refractivity contribution in [3.05, 3.63) is 28.8 Å². The molecule has 1 aliphatic carbocycles. The van der Waals surface area contributed by atoms with Crippen LogP contribution in [0.3, 0.4) is 0 Å². The SMILES string of the molecule is Cc1cc(Cl)ccc1OCC(=O)NCC1(O)CCCC1. The monoisotopic (exact) mass is 297 g/mol. The second-order valence-electron chi connectivity index (χ2n) is 5.41. The Morgan fingerprint density at radius 1 is 1.45 bits per heavy atom. The van der Waals surface area contributed by atoms with E-state index in [-0.39, 0.29) is 12.5 Å². The number of aryl methyl sites for hydroxylation is 1. The van der Waals surface area contributed by atoms with E-state index in [1.165, 1.54) is 0 Å². The molecule has 0 spiro atoms. The van der Waals surface area contributed by atoms with Gasteiger partial charge in [0.05, 0.1) is 5.60 Å². The predicted octanol–water partition coefficient (Wildman–Crippen LogP) is 2.45. The van der Waals surface area contributed by atoms with E-state index in [4.69, 9.17) is 16.3 Å². The van der Waals surface area contributed by atoms with Crippen LogP contribution in [0.4, 0.5) is 0 Å². The largest absolute Gasteiger partial charge is 0.484 e. The Morgan fingerprint density at radius 3 is 2.80 bits per heavy atom. The van der Waals surface area contributed by atoms with Gasteiger partial charge in [-0.2, -0.15) is 0 Å². The highest BCUT2D eigenvalue weighted by molar-refractivity contribution is 6.30. The van der Waals surface area contributed by atoms with E-state index in [0.29, 0.717) is 17.3 Å². The Balaban J connectivity index is 1.77. The number of amides is 1. The van der Waals surface area contributed by atoms with E-state index in [1.807, 2.05) is 6.92 Å². The summed E-state index contributed by atoms with van der Waals surface area (Å²) in [6, 6.07) is 5.26. The quantitative estimate of drug-likeness (QED) is 0.878. The third kappa shape index (κ3) is 4.12. The molecule has 1 fully saturated rings. The zero-order valence-corrected chi connectivity index (χ0v) is 12.4. The van der Waals surface area contributed by atoms with Crippen LogP contribution in [0.1, 0.15) is 31.2 Å². The summed E-state index contributed by atoms with van der Waals surface area (Å²) in [6.07, 6.45) is 3.55. The van der Waals surface area contributed by atoms with Gasteiger partial charge in [-0.1, -0.05) is 24.4 Å². The minimum atomic E-state index is -0.730. The highest BCUT2D eigenvalue weighted by Crippen LogP contribution is 2.28. The van der Waals surface area contributed by atoms with Crippen LogP contribution in [-0.4, -0.2) is 29.8 Å². The first-order chi connectivity index (χ1) is 9.48. The number of aliphatic hydroxyl groups is 1. The van der Waals surface area contributed by atoms with Gasteiger partial charge in [0.25, 0.3) is 5.91 Å². The summed E-state index contributed by atoms with van der Waals surface area (Å²) in [7, 11) is 0. The van der Waals surface area contributed by atoms with Gasteiger partial charge >= 0.3 is 0 Å². The molecular weight excluding hydrogens is 278 g/mol. The lowest BCUT2D eigenvalue weighted by molar-refractivity contribution is -0.124. The Morgan fingerprint density at radius 2 is 2.15 bits per heavy atom. The lowest BCUT2D eigenvalue weighted by atomic mass is 10.0. The van der Waals surface area contributed by atoms with Crippen LogP contribution in [0.2, 0.25) is 5.02 Å². The van der Waals surface area contributed by atoms with Crippen molar-refractivity contribution in [3.63, 3.8) is 0 Å². The highest BCUT2D eigenvalue weighted by atomic mass is 35.5. The lowest BCUT2D eigenvalue weighted by Gasteiger charge is -2.22. The Hall–Kier alpha value is -1.26. The number of carbonyl (C=O) groups excluding carboxylic acids is 1. The molecule has 0 radical (unpaired) electrons. The fraction of sp³-hybridized carbons (Fsp3) is 0.533. The van der Waals surface area contributed by atoms with Crippen molar-refractivity contribution in [1.29, 1.82) is 0 Å². The molecule has 0 aromatic heterocycles. The van der Waals surface area contributed by atoms with Crippen molar-refractivity contribution in [2.75, 3.05) is 13.2 Å². The summed E-state index contributed by atoms with van der Waals surface area (Å²) >= 11 is 5.85. The van der Waals surface area contributed by atoms with Crippen molar-refractivity contribution in [2.45, 2.75) is 38.2 Å². The van der Waals surface area contributed by atoms with Gasteiger partial charge in [-0.05, 0) is 43.5 Å². The molecule has 1 amide bonds. The molecule has 0 atom stereocenters. The van der Waals surface area contributed by atoms with Crippen LogP contribution in [0.15, 0.2) is 18.2 Å². The van der Waals surface area contributed by atoms with E-state index in [1.54, 1.807) is 18.2 Å². The number of halogens is 1. The van der Waals surface area contributed by atoms with Crippen LogP contribution in [0.5, 0.6) is 5.75 Å². The highest BCUT2D eigenvalue weighted by Gasteiger charge is 2.31. The van der Waals surface area contributed by atoms with Gasteiger partial charge < -0.3 is 15.2 Å². The number of rotatable bonds is 5. The molecule has 1 aromatic carbocycles. The molecule has 110 valence electrons. The fourth-order valence-corrected chi connectivity index (χ4v) is 2.67. The molecule has 4 nitrogen and oxygen atoms in total. The minimum absolute atomic E-state index is 0.0570. The second kappa shape index (κ2) is 6.46. The number of benzene rings is 1. The van der Waals surface area contributed by atoms with Gasteiger partial charge in [0, 0.05) is 11.6 Å². The summed E-state index contributed by atoms with van der Waals surface area (Å²) in [5, 5.41) is 13.5. The molecule has 1 saturated carbocycles. The Kier molecular flexibility index (Phi) is 4.89. The molecule has 0 heterocycles. The maximum atomic E-state index is 11.7. The van der Waals surface area contributed by atoms with E-state index >= 15 is 0 Å². The molecular formula is C15H20ClNO3. The van der Waals surface area contributed by atoms with Crippen molar-refractivity contribution in [2.24, 2.45) is 0 Å². The summed E-state index contributed by atoms with van der Waals surface area (Å²) in [4.78, 5) is 11.7. The average Bonchev–Trinajstić information content (AvgIpc) is 2.83. The zero-order chi connectivity index (χ0) is 14.6. The van der Waals surface area contributed by atoms with E-state index < -0.39 is 5.60 Å². The maximum Gasteiger partial charge on any atom is 0.258 e. The van der Waals surface area contributed by atoms with Crippen LogP contribution in [-0.2, 0) is 4.79 Å². The van der Waals surface area contributed by atoms with Gasteiger partial charge in [-0.3, -0.25) is 4.79 Å². The standard InChI is InChI=1S/C15H20ClNO3/c1-11-8-12(16)4-5-13(11)20-9-14(18)17-10-15(19)6-2-3-7-15/h4-5,8,19H,2-3,6-7,9-10H2,1H3,(H,17,18). The van der Waals surface area contributed by atoms with Gasteiger partial charge in [-0.25, -0.2) is 0 Å². The summed E-state index contributed by atoms with van der Waals surface area (Å²) < 4.78 is 5.45. The molecule has 1 aromatic rings. The van der Waals surface area contributed by atoms with E-state index in [9.17, 15) is 9.90 Å². The number of ether oxygens (including phenoxy) is 1. The van der Waals surface area contributed by atoms with Crippen molar-refractivity contribution in [1.82, 2.24) is 5.32 Å². The van der Waals surface area contributed by atoms with E-state index in [2.05, 4.69) is 5.32 Å². The van der Waals surface area contributed by atoms with Gasteiger partial charge in [0.15, 0.2) is 6.61 Å². The Labute approximate surface area is 124 Å². The van der Waals surface area contributed by atoms with Crippen LogP contribution in [0, 0.1) is 6.92 Å². The van der Waals surface area contributed by atoms with Crippen LogP contribution in [0.25, 0.3) is 0 Å². The first kappa shape index (κ1) is 15.1. The van der Waals surface area contributed by atoms with Crippen molar-refractivity contribution in [3.8, 4) is 5.75 Å². The molecule has 2 N–H and O–H groups in total. The second-order valence-corrected chi connectivity index (χ2v) is 5.84. The van der Waals surface area contributed by atoms with Gasteiger partial charge in [0.1, 0.15) is 5.75 Å². The maximum absolute atomic E-state index is 11.7. The predicted molar refractivity (Wildman–Crippen MR) is 78.1 cm³/mol.